The van der Waals surface area contributed by atoms with Crippen LogP contribution in [0.1, 0.15) is 5.56 Å². The van der Waals surface area contributed by atoms with Gasteiger partial charge in [-0.05, 0) is 18.2 Å². The number of hydrogen-bond acceptors (Lipinski definition) is 0. The molecule has 0 amide bonds. The molecular formula is C16H22FN. The molecule has 0 aromatic heterocycles. The summed E-state index contributed by atoms with van der Waals surface area (Å²) in [4.78, 5) is 0. The first kappa shape index (κ1) is 16.3. The third-order valence-electron chi connectivity index (χ3n) is 2.91. The molecule has 1 aromatic rings. The monoisotopic (exact) mass is 247 g/mol. The van der Waals surface area contributed by atoms with Crippen LogP contribution in [-0.4, -0.2) is 24.1 Å². The number of benzene rings is 1. The average molecular weight is 247 g/mol. The Morgan fingerprint density at radius 3 is 1.67 bits per heavy atom. The van der Waals surface area contributed by atoms with Crippen LogP contribution in [0, 0.1) is 0 Å². The van der Waals surface area contributed by atoms with Crippen LogP contribution >= 0.6 is 0 Å². The van der Waals surface area contributed by atoms with Crippen molar-refractivity contribution in [3.8, 4) is 0 Å². The number of rotatable bonds is 8. The van der Waals surface area contributed by atoms with Crippen LogP contribution in [0.15, 0.2) is 68.3 Å². The molecule has 0 aliphatic carbocycles. The fourth-order valence-electron chi connectivity index (χ4n) is 2.21. The van der Waals surface area contributed by atoms with E-state index < -0.39 is 0 Å². The van der Waals surface area contributed by atoms with Gasteiger partial charge < -0.3 is 9.19 Å². The molecule has 0 bridgehead atoms. The Labute approximate surface area is 110 Å². The number of nitrogens with zero attached hydrogens (tertiary/aromatic N) is 1. The van der Waals surface area contributed by atoms with Gasteiger partial charge in [0.2, 0.25) is 0 Å². The summed E-state index contributed by atoms with van der Waals surface area (Å²) >= 11 is 0. The summed E-state index contributed by atoms with van der Waals surface area (Å²) in [5.74, 6) is 0. The maximum atomic E-state index is 3.87. The molecule has 2 heteroatoms. The van der Waals surface area contributed by atoms with E-state index in [1.807, 2.05) is 24.3 Å². The lowest BCUT2D eigenvalue weighted by Gasteiger charge is -2.36. The Morgan fingerprint density at radius 1 is 0.833 bits per heavy atom. The number of halogens is 1. The highest BCUT2D eigenvalue weighted by Crippen LogP contribution is 2.15. The Hall–Kier alpha value is -1.67. The molecule has 0 aliphatic heterocycles. The second-order valence-corrected chi connectivity index (χ2v) is 4.40. The highest BCUT2D eigenvalue weighted by Gasteiger charge is 2.23. The summed E-state index contributed by atoms with van der Waals surface area (Å²) in [6.07, 6.45) is 5.95. The van der Waals surface area contributed by atoms with Crippen LogP contribution in [0.5, 0.6) is 0 Å². The van der Waals surface area contributed by atoms with Crippen LogP contribution in [0.3, 0.4) is 0 Å². The Morgan fingerprint density at radius 2 is 1.28 bits per heavy atom. The molecule has 0 heterocycles. The number of hydrogen-bond donors (Lipinski definition) is 0. The smallest absolute Gasteiger partial charge is 0.105 e. The van der Waals surface area contributed by atoms with Gasteiger partial charge in [-0.2, -0.15) is 0 Å². The number of quaternary nitrogens is 1. The van der Waals surface area contributed by atoms with E-state index in [1.54, 1.807) is 0 Å². The van der Waals surface area contributed by atoms with Gasteiger partial charge in [0.1, 0.15) is 6.54 Å². The molecule has 98 valence electrons. The molecule has 0 aliphatic rings. The molecule has 1 rings (SSSR count). The zero-order valence-corrected chi connectivity index (χ0v) is 10.9. The second-order valence-electron chi connectivity index (χ2n) is 4.40. The van der Waals surface area contributed by atoms with Crippen LogP contribution in [0.2, 0.25) is 0 Å². The third-order valence-corrected chi connectivity index (χ3v) is 2.91. The molecule has 0 radical (unpaired) electrons. The lowest BCUT2D eigenvalue weighted by molar-refractivity contribution is -0.924. The summed E-state index contributed by atoms with van der Waals surface area (Å²) in [7, 11) is 0. The van der Waals surface area contributed by atoms with E-state index in [0.29, 0.717) is 0 Å². The molecule has 0 unspecified atom stereocenters. The molecule has 0 N–H and O–H groups in total. The van der Waals surface area contributed by atoms with E-state index in [9.17, 15) is 0 Å². The first-order chi connectivity index (χ1) is 8.26. The van der Waals surface area contributed by atoms with Gasteiger partial charge >= 0.3 is 0 Å². The quantitative estimate of drug-likeness (QED) is 0.465. The molecule has 18 heavy (non-hydrogen) atoms. The van der Waals surface area contributed by atoms with Gasteiger partial charge in [0.05, 0.1) is 19.6 Å². The van der Waals surface area contributed by atoms with Crippen LogP contribution < -0.4 is 4.70 Å². The second kappa shape index (κ2) is 8.43. The molecule has 0 saturated heterocycles. The zero-order valence-electron chi connectivity index (χ0n) is 10.9. The lowest BCUT2D eigenvalue weighted by atomic mass is 10.1. The first-order valence-electron chi connectivity index (χ1n) is 5.98. The van der Waals surface area contributed by atoms with Crippen molar-refractivity contribution >= 4 is 0 Å². The van der Waals surface area contributed by atoms with Gasteiger partial charge in [-0.25, -0.2) is 0 Å². The van der Waals surface area contributed by atoms with E-state index in [-0.39, 0.29) is 4.70 Å². The van der Waals surface area contributed by atoms with Crippen molar-refractivity contribution in [1.29, 1.82) is 0 Å². The van der Waals surface area contributed by atoms with E-state index in [0.717, 1.165) is 30.7 Å². The van der Waals surface area contributed by atoms with Crippen molar-refractivity contribution in [2.45, 2.75) is 6.54 Å². The van der Waals surface area contributed by atoms with E-state index >= 15 is 0 Å². The standard InChI is InChI=1S/C16H22N.FH/c1-4-12-17(13-5-2,14-6-3)15-16-10-8-7-9-11-16;/h4-11H,1-3,12-15H2;1H/q+1;/p-1. The molecule has 0 fully saturated rings. The van der Waals surface area contributed by atoms with Crippen molar-refractivity contribution in [3.63, 3.8) is 0 Å². The van der Waals surface area contributed by atoms with Crippen LogP contribution in [0.4, 0.5) is 0 Å². The van der Waals surface area contributed by atoms with Gasteiger partial charge in [-0.1, -0.05) is 50.1 Å². The average Bonchev–Trinajstić information content (AvgIpc) is 2.31. The van der Waals surface area contributed by atoms with E-state index in [2.05, 4.69) is 44.0 Å². The molecule has 1 aromatic carbocycles. The van der Waals surface area contributed by atoms with Crippen molar-refractivity contribution < 1.29 is 9.19 Å². The highest BCUT2D eigenvalue weighted by molar-refractivity contribution is 5.13. The van der Waals surface area contributed by atoms with Crippen molar-refractivity contribution in [1.82, 2.24) is 0 Å². The lowest BCUT2D eigenvalue weighted by Crippen LogP contribution is -3.00. The Kier molecular flexibility index (Phi) is 7.64. The van der Waals surface area contributed by atoms with Gasteiger partial charge in [0.25, 0.3) is 0 Å². The predicted octanol–water partition coefficient (Wildman–Crippen LogP) is 0.565. The van der Waals surface area contributed by atoms with Gasteiger partial charge in [-0.15, -0.1) is 0 Å². The SMILES string of the molecule is C=CC[N+](CC=C)(CC=C)Cc1ccccc1.[F-]. The molecule has 1 nitrogen and oxygen atoms in total. The normalized spacial score (nSPS) is 10.2. The third kappa shape index (κ3) is 4.68. The summed E-state index contributed by atoms with van der Waals surface area (Å²) in [6, 6.07) is 10.6. The minimum atomic E-state index is 0. The molecule has 0 atom stereocenters. The van der Waals surface area contributed by atoms with Gasteiger partial charge in [-0.3, -0.25) is 0 Å². The first-order valence-corrected chi connectivity index (χ1v) is 5.98. The minimum absolute atomic E-state index is 0. The molecule has 0 saturated carbocycles. The van der Waals surface area contributed by atoms with Crippen LogP contribution in [0.25, 0.3) is 0 Å². The van der Waals surface area contributed by atoms with E-state index in [1.165, 1.54) is 5.56 Å². The van der Waals surface area contributed by atoms with Crippen LogP contribution in [-0.2, 0) is 6.54 Å². The molecular weight excluding hydrogens is 225 g/mol. The fraction of sp³-hybridized carbons (Fsp3) is 0.250. The maximum Gasteiger partial charge on any atom is 0.105 e. The Bertz CT molecular complexity index is 343. The van der Waals surface area contributed by atoms with Crippen molar-refractivity contribution in [3.05, 3.63) is 73.9 Å². The van der Waals surface area contributed by atoms with Gasteiger partial charge in [0.15, 0.2) is 0 Å². The van der Waals surface area contributed by atoms with E-state index in [4.69, 9.17) is 0 Å². The van der Waals surface area contributed by atoms with Crippen molar-refractivity contribution in [2.24, 2.45) is 0 Å². The summed E-state index contributed by atoms with van der Waals surface area (Å²) < 4.78 is 0.917. The van der Waals surface area contributed by atoms with Gasteiger partial charge in [0, 0.05) is 5.56 Å². The fourth-order valence-corrected chi connectivity index (χ4v) is 2.21. The maximum absolute atomic E-state index is 3.87. The zero-order chi connectivity index (χ0) is 12.6. The highest BCUT2D eigenvalue weighted by atomic mass is 19.0. The largest absolute Gasteiger partial charge is 1.00 e. The van der Waals surface area contributed by atoms with Crippen molar-refractivity contribution in [2.75, 3.05) is 19.6 Å². The summed E-state index contributed by atoms with van der Waals surface area (Å²) in [5.41, 5.74) is 1.35. The Balaban J connectivity index is 0.00000289. The molecule has 0 spiro atoms. The topological polar surface area (TPSA) is 0 Å². The predicted molar refractivity (Wildman–Crippen MR) is 75.6 cm³/mol. The minimum Gasteiger partial charge on any atom is -1.00 e. The summed E-state index contributed by atoms with van der Waals surface area (Å²) in [5, 5.41) is 0. The summed E-state index contributed by atoms with van der Waals surface area (Å²) in [6.45, 7) is 15.4.